The number of rotatable bonds is 9. The average molecular weight is 383 g/mol. The van der Waals surface area contributed by atoms with E-state index in [1.165, 1.54) is 26.4 Å². The van der Waals surface area contributed by atoms with Crippen LogP contribution in [0.1, 0.15) is 44.6 Å². The molecule has 150 valence electrons. The maximum Gasteiger partial charge on any atom is 0.312 e. The number of ether oxygens (including phenoxy) is 3. The largest absolute Gasteiger partial charge is 0.494 e. The van der Waals surface area contributed by atoms with Crippen molar-refractivity contribution in [3.8, 4) is 5.75 Å². The zero-order chi connectivity index (χ0) is 19.8. The number of unbranched alkanes of at least 4 members (excludes halogenated alkanes) is 3. The van der Waals surface area contributed by atoms with Gasteiger partial charge in [0.15, 0.2) is 6.23 Å². The van der Waals surface area contributed by atoms with Gasteiger partial charge in [0.25, 0.3) is 0 Å². The summed E-state index contributed by atoms with van der Waals surface area (Å²) < 4.78 is 16.4. The van der Waals surface area contributed by atoms with Crippen molar-refractivity contribution in [1.29, 1.82) is 0 Å². The van der Waals surface area contributed by atoms with E-state index >= 15 is 0 Å². The Morgan fingerprint density at radius 2 is 2.04 bits per heavy atom. The summed E-state index contributed by atoms with van der Waals surface area (Å²) in [7, 11) is 1.41. The lowest BCUT2D eigenvalue weighted by atomic mass is 9.96. The highest BCUT2D eigenvalue weighted by Gasteiger charge is 2.25. The van der Waals surface area contributed by atoms with Crippen molar-refractivity contribution >= 4 is 11.7 Å². The van der Waals surface area contributed by atoms with E-state index in [0.29, 0.717) is 6.42 Å². The Morgan fingerprint density at radius 3 is 2.71 bits per heavy atom. The number of nitrogens with one attached hydrogen (secondary N) is 1. The summed E-state index contributed by atoms with van der Waals surface area (Å²) in [6, 6.07) is 8.05. The first kappa shape index (κ1) is 20.1. The van der Waals surface area contributed by atoms with Gasteiger partial charge in [0.1, 0.15) is 12.0 Å². The van der Waals surface area contributed by atoms with Crippen LogP contribution in [0.25, 0.3) is 5.70 Å². The molecule has 1 heterocycles. The molecule has 2 aliphatic rings. The molecule has 2 unspecified atom stereocenters. The number of benzene rings is 1. The van der Waals surface area contributed by atoms with Crippen LogP contribution in [0.15, 0.2) is 54.3 Å². The molecule has 1 aliphatic heterocycles. The smallest absolute Gasteiger partial charge is 0.312 e. The Kier molecular flexibility index (Phi) is 7.18. The Hall–Kier alpha value is -2.69. The van der Waals surface area contributed by atoms with Gasteiger partial charge >= 0.3 is 5.97 Å². The number of allylic oxidation sites excluding steroid dienone is 1. The van der Waals surface area contributed by atoms with E-state index in [1.54, 1.807) is 6.26 Å². The van der Waals surface area contributed by atoms with Crippen molar-refractivity contribution in [3.05, 3.63) is 59.9 Å². The third-order valence-corrected chi connectivity index (χ3v) is 4.98. The highest BCUT2D eigenvalue weighted by Crippen LogP contribution is 2.27. The summed E-state index contributed by atoms with van der Waals surface area (Å²) in [5.74, 6) is 0.471. The van der Waals surface area contributed by atoms with E-state index in [-0.39, 0.29) is 18.1 Å². The first-order valence-corrected chi connectivity index (χ1v) is 10.0. The predicted octanol–water partition coefficient (Wildman–Crippen LogP) is 4.57. The number of esters is 1. The van der Waals surface area contributed by atoms with E-state index in [4.69, 9.17) is 14.2 Å². The molecular formula is C23H29NO4. The van der Waals surface area contributed by atoms with Gasteiger partial charge in [-0.25, -0.2) is 0 Å². The van der Waals surface area contributed by atoms with E-state index < -0.39 is 0 Å². The summed E-state index contributed by atoms with van der Waals surface area (Å²) in [4.78, 5) is 11.6. The van der Waals surface area contributed by atoms with Gasteiger partial charge in [-0.05, 0) is 37.1 Å². The molecule has 0 radical (unpaired) electrons. The van der Waals surface area contributed by atoms with Gasteiger partial charge in [0.05, 0.1) is 25.3 Å². The highest BCUT2D eigenvalue weighted by molar-refractivity contribution is 5.75. The molecule has 0 saturated carbocycles. The number of carbonyl (C=O) groups excluding carboxylic acids is 1. The molecule has 5 nitrogen and oxygen atoms in total. The van der Waals surface area contributed by atoms with Crippen LogP contribution in [-0.2, 0) is 14.3 Å². The monoisotopic (exact) mass is 383 g/mol. The maximum atomic E-state index is 11.6. The number of hydrogen-bond acceptors (Lipinski definition) is 5. The zero-order valence-corrected chi connectivity index (χ0v) is 16.6. The fourth-order valence-corrected chi connectivity index (χ4v) is 3.27. The van der Waals surface area contributed by atoms with Gasteiger partial charge in [-0.3, -0.25) is 4.79 Å². The first-order chi connectivity index (χ1) is 13.7. The van der Waals surface area contributed by atoms with Gasteiger partial charge in [-0.2, -0.15) is 0 Å². The second kappa shape index (κ2) is 10.0. The minimum atomic E-state index is -0.237. The van der Waals surface area contributed by atoms with E-state index in [1.807, 2.05) is 42.5 Å². The average Bonchev–Trinajstić information content (AvgIpc) is 3.24. The van der Waals surface area contributed by atoms with Crippen LogP contribution >= 0.6 is 0 Å². The lowest BCUT2D eigenvalue weighted by Crippen LogP contribution is -2.27. The zero-order valence-electron chi connectivity index (χ0n) is 16.6. The second-order valence-electron chi connectivity index (χ2n) is 7.05. The van der Waals surface area contributed by atoms with Crippen molar-refractivity contribution in [2.75, 3.05) is 13.7 Å². The van der Waals surface area contributed by atoms with Gasteiger partial charge in [-0.15, -0.1) is 0 Å². The van der Waals surface area contributed by atoms with Crippen LogP contribution in [0, 0.1) is 5.92 Å². The summed E-state index contributed by atoms with van der Waals surface area (Å²) in [5.41, 5.74) is 3.00. The van der Waals surface area contributed by atoms with Gasteiger partial charge in [0.2, 0.25) is 0 Å². The maximum absolute atomic E-state index is 11.6. The molecule has 0 amide bonds. The lowest BCUT2D eigenvalue weighted by molar-refractivity contribution is -0.143. The number of methoxy groups -OCH3 is 1. The first-order valence-electron chi connectivity index (χ1n) is 10.0. The summed E-state index contributed by atoms with van der Waals surface area (Å²) in [6.07, 6.45) is 12.8. The molecule has 1 aliphatic carbocycles. The van der Waals surface area contributed by atoms with E-state index in [9.17, 15) is 4.79 Å². The fraction of sp³-hybridized carbons (Fsp3) is 0.435. The van der Waals surface area contributed by atoms with Crippen LogP contribution in [-0.4, -0.2) is 25.9 Å². The van der Waals surface area contributed by atoms with Crippen molar-refractivity contribution in [2.45, 2.75) is 45.3 Å². The molecule has 1 aromatic rings. The van der Waals surface area contributed by atoms with Crippen LogP contribution in [0.2, 0.25) is 0 Å². The molecule has 0 aromatic heterocycles. The third kappa shape index (κ3) is 5.18. The minimum Gasteiger partial charge on any atom is -0.494 e. The molecular weight excluding hydrogens is 354 g/mol. The number of carbonyl (C=O) groups is 1. The third-order valence-electron chi connectivity index (χ3n) is 4.98. The van der Waals surface area contributed by atoms with Gasteiger partial charge in [-0.1, -0.05) is 44.4 Å². The Balaban J connectivity index is 1.48. The molecule has 0 spiro atoms. The molecule has 1 aromatic carbocycles. The molecule has 0 fully saturated rings. The quantitative estimate of drug-likeness (QED) is 0.500. The van der Waals surface area contributed by atoms with Crippen molar-refractivity contribution in [1.82, 2.24) is 5.32 Å². The topological polar surface area (TPSA) is 56.8 Å². The number of hydrogen-bond donors (Lipinski definition) is 1. The SMILES string of the molecule is CCCCCCOc1ccc(C2=COC(C3=CCC(C(=O)OC)C=C3)N2)cc1. The van der Waals surface area contributed by atoms with Crippen molar-refractivity contribution in [2.24, 2.45) is 5.92 Å². The van der Waals surface area contributed by atoms with Crippen LogP contribution < -0.4 is 10.1 Å². The van der Waals surface area contributed by atoms with Crippen molar-refractivity contribution < 1.29 is 19.0 Å². The van der Waals surface area contributed by atoms with E-state index in [0.717, 1.165) is 35.6 Å². The Labute approximate surface area is 167 Å². The minimum absolute atomic E-state index is 0.210. The normalized spacial score (nSPS) is 20.6. The molecule has 1 N–H and O–H groups in total. The summed E-state index contributed by atoms with van der Waals surface area (Å²) in [5, 5.41) is 3.38. The van der Waals surface area contributed by atoms with Crippen LogP contribution in [0.5, 0.6) is 5.75 Å². The molecule has 2 atom stereocenters. The Morgan fingerprint density at radius 1 is 1.21 bits per heavy atom. The molecule has 3 rings (SSSR count). The summed E-state index contributed by atoms with van der Waals surface area (Å²) in [6.45, 7) is 2.97. The second-order valence-corrected chi connectivity index (χ2v) is 7.05. The molecule has 0 saturated heterocycles. The predicted molar refractivity (Wildman–Crippen MR) is 109 cm³/mol. The molecule has 0 bridgehead atoms. The van der Waals surface area contributed by atoms with E-state index in [2.05, 4.69) is 12.2 Å². The Bertz CT molecular complexity index is 748. The standard InChI is InChI=1S/C23H29NO4/c1-3-4-5-6-15-27-20-13-11-17(12-14-20)21-16-28-22(24-21)18-7-9-19(10-8-18)23(25)26-2/h7-9,11-14,16,19,22,24H,3-6,10,15H2,1-2H3. The summed E-state index contributed by atoms with van der Waals surface area (Å²) >= 11 is 0. The van der Waals surface area contributed by atoms with Crippen molar-refractivity contribution in [3.63, 3.8) is 0 Å². The lowest BCUT2D eigenvalue weighted by Gasteiger charge is -2.19. The van der Waals surface area contributed by atoms with Crippen LogP contribution in [0.3, 0.4) is 0 Å². The van der Waals surface area contributed by atoms with Gasteiger partial charge in [0, 0.05) is 11.1 Å². The van der Waals surface area contributed by atoms with Gasteiger partial charge < -0.3 is 19.5 Å². The molecule has 28 heavy (non-hydrogen) atoms. The van der Waals surface area contributed by atoms with Crippen LogP contribution in [0.4, 0.5) is 0 Å². The highest BCUT2D eigenvalue weighted by atomic mass is 16.5. The molecule has 5 heteroatoms. The fourth-order valence-electron chi connectivity index (χ4n) is 3.27.